The van der Waals surface area contributed by atoms with E-state index in [1.807, 2.05) is 0 Å². The van der Waals surface area contributed by atoms with Crippen molar-refractivity contribution in [2.75, 3.05) is 20.1 Å². The third kappa shape index (κ3) is 3.24. The number of aromatic nitrogens is 1. The lowest BCUT2D eigenvalue weighted by Crippen LogP contribution is -2.19. The van der Waals surface area contributed by atoms with Crippen LogP contribution in [0.5, 0.6) is 0 Å². The van der Waals surface area contributed by atoms with Crippen molar-refractivity contribution in [1.82, 2.24) is 9.47 Å². The molecule has 0 unspecified atom stereocenters. The number of nitrogens with zero attached hydrogens (tertiary/aromatic N) is 2. The Labute approximate surface area is 126 Å². The van der Waals surface area contributed by atoms with E-state index in [1.54, 1.807) is 12.1 Å². The van der Waals surface area contributed by atoms with Crippen LogP contribution in [0.1, 0.15) is 23.9 Å². The SMILES string of the molecule is C=C(CN(C)CC)c1cc(C)n(-c2ccc(F)cc2)c1C. The molecule has 0 amide bonds. The Morgan fingerprint density at radius 3 is 2.43 bits per heavy atom. The largest absolute Gasteiger partial charge is 0.318 e. The molecule has 0 spiro atoms. The van der Waals surface area contributed by atoms with Gasteiger partial charge in [0.1, 0.15) is 5.82 Å². The standard InChI is InChI=1S/C18H23FN2/c1-6-20(5)12-13(2)18-11-14(3)21(15(18)4)17-9-7-16(19)8-10-17/h7-11H,2,6,12H2,1,3-5H3. The average Bonchev–Trinajstić information content (AvgIpc) is 2.75. The van der Waals surface area contributed by atoms with Crippen LogP contribution in [0.2, 0.25) is 0 Å². The summed E-state index contributed by atoms with van der Waals surface area (Å²) in [5, 5.41) is 0. The van der Waals surface area contributed by atoms with Crippen LogP contribution in [0, 0.1) is 19.7 Å². The Kier molecular flexibility index (Phi) is 4.63. The number of hydrogen-bond acceptors (Lipinski definition) is 1. The normalized spacial score (nSPS) is 11.1. The molecule has 0 radical (unpaired) electrons. The summed E-state index contributed by atoms with van der Waals surface area (Å²) in [6, 6.07) is 8.76. The van der Waals surface area contributed by atoms with E-state index >= 15 is 0 Å². The summed E-state index contributed by atoms with van der Waals surface area (Å²) in [7, 11) is 2.09. The fraction of sp³-hybridized carbons (Fsp3) is 0.333. The van der Waals surface area contributed by atoms with Gasteiger partial charge in [-0.3, -0.25) is 0 Å². The molecule has 1 aromatic carbocycles. The first-order chi connectivity index (χ1) is 9.93. The zero-order chi connectivity index (χ0) is 15.6. The fourth-order valence-corrected chi connectivity index (χ4v) is 2.63. The van der Waals surface area contributed by atoms with Gasteiger partial charge in [0.25, 0.3) is 0 Å². The van der Waals surface area contributed by atoms with Gasteiger partial charge in [0.2, 0.25) is 0 Å². The van der Waals surface area contributed by atoms with Gasteiger partial charge in [-0.25, -0.2) is 4.39 Å². The minimum atomic E-state index is -0.213. The molecule has 0 atom stereocenters. The minimum absolute atomic E-state index is 0.213. The molecule has 2 aromatic rings. The highest BCUT2D eigenvalue weighted by molar-refractivity contribution is 5.68. The lowest BCUT2D eigenvalue weighted by Gasteiger charge is -2.16. The van der Waals surface area contributed by atoms with Gasteiger partial charge < -0.3 is 9.47 Å². The minimum Gasteiger partial charge on any atom is -0.318 e. The monoisotopic (exact) mass is 286 g/mol. The van der Waals surface area contributed by atoms with Crippen LogP contribution >= 0.6 is 0 Å². The molecule has 3 heteroatoms. The Bertz CT molecular complexity index is 638. The van der Waals surface area contributed by atoms with Crippen molar-refractivity contribution in [2.24, 2.45) is 0 Å². The average molecular weight is 286 g/mol. The predicted molar refractivity (Wildman–Crippen MR) is 87.4 cm³/mol. The summed E-state index contributed by atoms with van der Waals surface area (Å²) in [5.41, 5.74) is 5.55. The molecule has 2 rings (SSSR count). The smallest absolute Gasteiger partial charge is 0.123 e. The molecule has 0 fully saturated rings. The lowest BCUT2D eigenvalue weighted by atomic mass is 10.1. The van der Waals surface area contributed by atoms with E-state index in [0.29, 0.717) is 0 Å². The molecular weight excluding hydrogens is 263 g/mol. The Morgan fingerprint density at radius 1 is 1.24 bits per heavy atom. The Balaban J connectivity index is 2.38. The van der Waals surface area contributed by atoms with Gasteiger partial charge in [-0.15, -0.1) is 0 Å². The molecule has 0 saturated heterocycles. The molecule has 0 bridgehead atoms. The van der Waals surface area contributed by atoms with E-state index in [1.165, 1.54) is 17.7 Å². The summed E-state index contributed by atoms with van der Waals surface area (Å²) in [6.07, 6.45) is 0. The highest BCUT2D eigenvalue weighted by Gasteiger charge is 2.13. The van der Waals surface area contributed by atoms with Crippen molar-refractivity contribution in [3.05, 3.63) is 59.7 Å². The van der Waals surface area contributed by atoms with Gasteiger partial charge in [-0.05, 0) is 68.9 Å². The van der Waals surface area contributed by atoms with Crippen LogP contribution < -0.4 is 0 Å². The van der Waals surface area contributed by atoms with Crippen LogP contribution in [0.25, 0.3) is 11.3 Å². The van der Waals surface area contributed by atoms with Crippen LogP contribution in [0.3, 0.4) is 0 Å². The summed E-state index contributed by atoms with van der Waals surface area (Å²) < 4.78 is 15.2. The van der Waals surface area contributed by atoms with E-state index in [0.717, 1.165) is 35.7 Å². The van der Waals surface area contributed by atoms with Crippen molar-refractivity contribution in [3.63, 3.8) is 0 Å². The molecule has 0 aliphatic carbocycles. The first-order valence-corrected chi connectivity index (χ1v) is 7.25. The molecule has 0 aliphatic rings. The Hall–Kier alpha value is -1.87. The van der Waals surface area contributed by atoms with Crippen molar-refractivity contribution < 1.29 is 4.39 Å². The highest BCUT2D eigenvalue weighted by atomic mass is 19.1. The summed E-state index contributed by atoms with van der Waals surface area (Å²) in [4.78, 5) is 2.23. The lowest BCUT2D eigenvalue weighted by molar-refractivity contribution is 0.398. The number of likely N-dealkylation sites (N-methyl/N-ethyl adjacent to an activating group) is 1. The Morgan fingerprint density at radius 2 is 1.86 bits per heavy atom. The predicted octanol–water partition coefficient (Wildman–Crippen LogP) is 4.20. The van der Waals surface area contributed by atoms with Crippen LogP contribution in [-0.2, 0) is 0 Å². The molecule has 112 valence electrons. The highest BCUT2D eigenvalue weighted by Crippen LogP contribution is 2.26. The van der Waals surface area contributed by atoms with E-state index in [9.17, 15) is 4.39 Å². The maximum Gasteiger partial charge on any atom is 0.123 e. The van der Waals surface area contributed by atoms with E-state index in [4.69, 9.17) is 0 Å². The molecular formula is C18H23FN2. The quantitative estimate of drug-likeness (QED) is 0.800. The van der Waals surface area contributed by atoms with Gasteiger partial charge in [0.15, 0.2) is 0 Å². The van der Waals surface area contributed by atoms with Gasteiger partial charge in [-0.2, -0.15) is 0 Å². The first-order valence-electron chi connectivity index (χ1n) is 7.25. The topological polar surface area (TPSA) is 8.17 Å². The van der Waals surface area contributed by atoms with Crippen molar-refractivity contribution in [3.8, 4) is 5.69 Å². The molecule has 0 saturated carbocycles. The number of aryl methyl sites for hydroxylation is 1. The third-order valence-corrected chi connectivity index (χ3v) is 3.90. The van der Waals surface area contributed by atoms with Crippen LogP contribution in [-0.4, -0.2) is 29.6 Å². The zero-order valence-electron chi connectivity index (χ0n) is 13.3. The number of benzene rings is 1. The number of hydrogen-bond donors (Lipinski definition) is 0. The summed E-state index contributed by atoms with van der Waals surface area (Å²) >= 11 is 0. The third-order valence-electron chi connectivity index (χ3n) is 3.90. The summed E-state index contributed by atoms with van der Waals surface area (Å²) in [5.74, 6) is -0.213. The fourth-order valence-electron chi connectivity index (χ4n) is 2.63. The van der Waals surface area contributed by atoms with Gasteiger partial charge >= 0.3 is 0 Å². The molecule has 21 heavy (non-hydrogen) atoms. The molecule has 0 N–H and O–H groups in total. The van der Waals surface area contributed by atoms with Gasteiger partial charge in [-0.1, -0.05) is 13.5 Å². The summed E-state index contributed by atoms with van der Waals surface area (Å²) in [6.45, 7) is 12.4. The first kappa shape index (κ1) is 15.5. The van der Waals surface area contributed by atoms with Crippen molar-refractivity contribution in [2.45, 2.75) is 20.8 Å². The maximum absolute atomic E-state index is 13.1. The van der Waals surface area contributed by atoms with E-state index in [-0.39, 0.29) is 5.82 Å². The van der Waals surface area contributed by atoms with Crippen LogP contribution in [0.4, 0.5) is 4.39 Å². The van der Waals surface area contributed by atoms with Crippen LogP contribution in [0.15, 0.2) is 36.9 Å². The van der Waals surface area contributed by atoms with E-state index in [2.05, 4.69) is 49.9 Å². The van der Waals surface area contributed by atoms with Crippen molar-refractivity contribution >= 4 is 5.57 Å². The van der Waals surface area contributed by atoms with Gasteiger partial charge in [0, 0.05) is 23.6 Å². The second-order valence-electron chi connectivity index (χ2n) is 5.53. The molecule has 0 aliphatic heterocycles. The second-order valence-corrected chi connectivity index (χ2v) is 5.53. The number of rotatable bonds is 5. The second kappa shape index (κ2) is 6.27. The number of halogens is 1. The molecule has 1 aromatic heterocycles. The zero-order valence-corrected chi connectivity index (χ0v) is 13.3. The molecule has 1 heterocycles. The molecule has 2 nitrogen and oxygen atoms in total. The van der Waals surface area contributed by atoms with Crippen molar-refractivity contribution in [1.29, 1.82) is 0 Å². The van der Waals surface area contributed by atoms with E-state index < -0.39 is 0 Å². The maximum atomic E-state index is 13.1. The van der Waals surface area contributed by atoms with Gasteiger partial charge in [0.05, 0.1) is 0 Å².